The summed E-state index contributed by atoms with van der Waals surface area (Å²) in [7, 11) is 0. The highest BCUT2D eigenvalue weighted by molar-refractivity contribution is 5.95. The van der Waals surface area contributed by atoms with E-state index in [1.54, 1.807) is 0 Å². The molecule has 0 spiro atoms. The number of anilines is 1. The molecule has 1 aromatic rings. The van der Waals surface area contributed by atoms with Gasteiger partial charge >= 0.3 is 0 Å². The summed E-state index contributed by atoms with van der Waals surface area (Å²) >= 11 is 0. The molecule has 1 fully saturated rings. The quantitative estimate of drug-likeness (QED) is 0.804. The van der Waals surface area contributed by atoms with Gasteiger partial charge in [-0.2, -0.15) is 0 Å². The Morgan fingerprint density at radius 1 is 1.40 bits per heavy atom. The standard InChI is InChI=1S/C16H25N3O/c1-4-14-8-13(9-15(19-14)17-5-2)16(20)18-10-11(3)12-6-7-12/h8-9,11-12H,4-7,10H2,1-3H3,(H,17,19)(H,18,20). The minimum absolute atomic E-state index is 0.00810. The molecule has 4 nitrogen and oxygen atoms in total. The third kappa shape index (κ3) is 3.95. The second-order valence-electron chi connectivity index (χ2n) is 5.64. The van der Waals surface area contributed by atoms with Crippen molar-refractivity contribution in [3.8, 4) is 0 Å². The number of nitrogens with one attached hydrogen (secondary N) is 2. The lowest BCUT2D eigenvalue weighted by Gasteiger charge is -2.13. The van der Waals surface area contributed by atoms with Gasteiger partial charge in [0.2, 0.25) is 0 Å². The Morgan fingerprint density at radius 2 is 2.15 bits per heavy atom. The van der Waals surface area contributed by atoms with Crippen molar-refractivity contribution >= 4 is 11.7 Å². The zero-order chi connectivity index (χ0) is 14.5. The Bertz CT molecular complexity index is 469. The third-order valence-electron chi connectivity index (χ3n) is 3.87. The number of carbonyl (C=O) groups is 1. The topological polar surface area (TPSA) is 54.0 Å². The maximum absolute atomic E-state index is 12.3. The van der Waals surface area contributed by atoms with Gasteiger partial charge in [0, 0.05) is 24.3 Å². The zero-order valence-corrected chi connectivity index (χ0v) is 12.7. The van der Waals surface area contributed by atoms with E-state index in [4.69, 9.17) is 0 Å². The number of hydrogen-bond acceptors (Lipinski definition) is 3. The van der Waals surface area contributed by atoms with E-state index in [0.717, 1.165) is 36.9 Å². The Balaban J connectivity index is 2.01. The fraction of sp³-hybridized carbons (Fsp3) is 0.625. The summed E-state index contributed by atoms with van der Waals surface area (Å²) in [4.78, 5) is 16.7. The number of rotatable bonds is 7. The molecule has 4 heteroatoms. The minimum Gasteiger partial charge on any atom is -0.370 e. The number of aromatic nitrogens is 1. The Morgan fingerprint density at radius 3 is 2.75 bits per heavy atom. The molecule has 0 radical (unpaired) electrons. The SMILES string of the molecule is CCNc1cc(C(=O)NCC(C)C2CC2)cc(CC)n1. The zero-order valence-electron chi connectivity index (χ0n) is 12.7. The van der Waals surface area contributed by atoms with E-state index < -0.39 is 0 Å². The fourth-order valence-corrected chi connectivity index (χ4v) is 2.36. The van der Waals surface area contributed by atoms with E-state index in [1.165, 1.54) is 12.8 Å². The predicted molar refractivity (Wildman–Crippen MR) is 82.0 cm³/mol. The summed E-state index contributed by atoms with van der Waals surface area (Å²) in [6.07, 6.45) is 3.46. The molecule has 1 aromatic heterocycles. The van der Waals surface area contributed by atoms with Gasteiger partial charge in [-0.3, -0.25) is 4.79 Å². The molecule has 20 heavy (non-hydrogen) atoms. The summed E-state index contributed by atoms with van der Waals surface area (Å²) < 4.78 is 0. The molecule has 0 aliphatic heterocycles. The largest absolute Gasteiger partial charge is 0.370 e. The van der Waals surface area contributed by atoms with Gasteiger partial charge in [0.05, 0.1) is 0 Å². The van der Waals surface area contributed by atoms with Crippen molar-refractivity contribution in [1.29, 1.82) is 0 Å². The van der Waals surface area contributed by atoms with Crippen molar-refractivity contribution < 1.29 is 4.79 Å². The summed E-state index contributed by atoms with van der Waals surface area (Å²) in [5, 5.41) is 6.23. The van der Waals surface area contributed by atoms with Crippen LogP contribution in [0.25, 0.3) is 0 Å². The first kappa shape index (κ1) is 14.8. The molecule has 1 aliphatic carbocycles. The molecule has 110 valence electrons. The molecule has 1 unspecified atom stereocenters. The summed E-state index contributed by atoms with van der Waals surface area (Å²) in [6.45, 7) is 7.86. The summed E-state index contributed by atoms with van der Waals surface area (Å²) in [6, 6.07) is 3.72. The second kappa shape index (κ2) is 6.73. The first-order chi connectivity index (χ1) is 9.63. The van der Waals surface area contributed by atoms with Gasteiger partial charge in [-0.1, -0.05) is 13.8 Å². The van der Waals surface area contributed by atoms with Crippen LogP contribution >= 0.6 is 0 Å². The van der Waals surface area contributed by atoms with Crippen LogP contribution in [-0.4, -0.2) is 24.0 Å². The predicted octanol–water partition coefficient (Wildman–Crippen LogP) is 2.85. The lowest BCUT2D eigenvalue weighted by Crippen LogP contribution is -2.29. The minimum atomic E-state index is 0.00810. The molecule has 0 aromatic carbocycles. The van der Waals surface area contributed by atoms with Gasteiger partial charge < -0.3 is 10.6 Å². The molecule has 0 saturated heterocycles. The average molecular weight is 275 g/mol. The van der Waals surface area contributed by atoms with Crippen LogP contribution in [0.2, 0.25) is 0 Å². The van der Waals surface area contributed by atoms with Gasteiger partial charge in [-0.15, -0.1) is 0 Å². The number of carbonyl (C=O) groups excluding carboxylic acids is 1. The van der Waals surface area contributed by atoms with Gasteiger partial charge in [0.1, 0.15) is 5.82 Å². The number of pyridine rings is 1. The second-order valence-corrected chi connectivity index (χ2v) is 5.64. The average Bonchev–Trinajstić information content (AvgIpc) is 3.29. The molecular formula is C16H25N3O. The molecule has 1 atom stereocenters. The third-order valence-corrected chi connectivity index (χ3v) is 3.87. The molecule has 2 rings (SSSR count). The molecule has 0 bridgehead atoms. The van der Waals surface area contributed by atoms with E-state index in [1.807, 2.05) is 19.1 Å². The number of nitrogens with zero attached hydrogens (tertiary/aromatic N) is 1. The van der Waals surface area contributed by atoms with E-state index in [0.29, 0.717) is 11.5 Å². The van der Waals surface area contributed by atoms with Crippen LogP contribution in [0.3, 0.4) is 0 Å². The van der Waals surface area contributed by atoms with E-state index in [2.05, 4.69) is 29.5 Å². The summed E-state index contributed by atoms with van der Waals surface area (Å²) in [5.74, 6) is 2.19. The lowest BCUT2D eigenvalue weighted by atomic mass is 10.1. The van der Waals surface area contributed by atoms with Crippen molar-refractivity contribution in [3.05, 3.63) is 23.4 Å². The van der Waals surface area contributed by atoms with Crippen LogP contribution in [0.1, 0.15) is 49.7 Å². The van der Waals surface area contributed by atoms with Gasteiger partial charge in [0.15, 0.2) is 0 Å². The fourth-order valence-electron chi connectivity index (χ4n) is 2.36. The van der Waals surface area contributed by atoms with Gasteiger partial charge in [0.25, 0.3) is 5.91 Å². The molecule has 1 saturated carbocycles. The molecule has 2 N–H and O–H groups in total. The smallest absolute Gasteiger partial charge is 0.251 e. The number of aryl methyl sites for hydroxylation is 1. The monoisotopic (exact) mass is 275 g/mol. The molecular weight excluding hydrogens is 250 g/mol. The van der Waals surface area contributed by atoms with Gasteiger partial charge in [-0.25, -0.2) is 4.98 Å². The lowest BCUT2D eigenvalue weighted by molar-refractivity contribution is 0.0946. The van der Waals surface area contributed by atoms with Crippen LogP contribution in [0.15, 0.2) is 12.1 Å². The molecule has 1 amide bonds. The highest BCUT2D eigenvalue weighted by Crippen LogP contribution is 2.36. The maximum Gasteiger partial charge on any atom is 0.251 e. The summed E-state index contributed by atoms with van der Waals surface area (Å²) in [5.41, 5.74) is 1.65. The van der Waals surface area contributed by atoms with Crippen LogP contribution in [0, 0.1) is 11.8 Å². The highest BCUT2D eigenvalue weighted by atomic mass is 16.1. The van der Waals surface area contributed by atoms with Crippen molar-refractivity contribution in [3.63, 3.8) is 0 Å². The Kier molecular flexibility index (Phi) is 4.99. The van der Waals surface area contributed by atoms with Gasteiger partial charge in [-0.05, 0) is 50.2 Å². The van der Waals surface area contributed by atoms with Crippen molar-refractivity contribution in [2.45, 2.75) is 40.0 Å². The van der Waals surface area contributed by atoms with Crippen molar-refractivity contribution in [2.24, 2.45) is 11.8 Å². The number of amides is 1. The van der Waals surface area contributed by atoms with E-state index >= 15 is 0 Å². The van der Waals surface area contributed by atoms with Crippen LogP contribution in [0.5, 0.6) is 0 Å². The van der Waals surface area contributed by atoms with Crippen molar-refractivity contribution in [2.75, 3.05) is 18.4 Å². The van der Waals surface area contributed by atoms with Crippen LogP contribution in [0.4, 0.5) is 5.82 Å². The van der Waals surface area contributed by atoms with Crippen molar-refractivity contribution in [1.82, 2.24) is 10.3 Å². The molecule has 1 heterocycles. The Labute approximate surface area is 121 Å². The van der Waals surface area contributed by atoms with Crippen LogP contribution in [-0.2, 0) is 6.42 Å². The van der Waals surface area contributed by atoms with E-state index in [-0.39, 0.29) is 5.91 Å². The number of hydrogen-bond donors (Lipinski definition) is 2. The van der Waals surface area contributed by atoms with Crippen LogP contribution < -0.4 is 10.6 Å². The first-order valence-electron chi connectivity index (χ1n) is 7.67. The normalized spacial score (nSPS) is 15.8. The highest BCUT2D eigenvalue weighted by Gasteiger charge is 2.27. The Hall–Kier alpha value is -1.58. The van der Waals surface area contributed by atoms with E-state index in [9.17, 15) is 4.79 Å². The molecule has 1 aliphatic rings. The first-order valence-corrected chi connectivity index (χ1v) is 7.67. The maximum atomic E-state index is 12.3.